The molecule has 1 unspecified atom stereocenters. The summed E-state index contributed by atoms with van der Waals surface area (Å²) in [6, 6.07) is 27.1. The van der Waals surface area contributed by atoms with Crippen molar-refractivity contribution < 1.29 is 9.47 Å². The molecule has 0 aromatic heterocycles. The van der Waals surface area contributed by atoms with Gasteiger partial charge in [0.15, 0.2) is 0 Å². The van der Waals surface area contributed by atoms with Crippen LogP contribution in [0, 0.1) is 0 Å². The molecule has 27 heavy (non-hydrogen) atoms. The standard InChI is InChI=1S/C25H26O2/c1-3-9-20(10-4-1)19-26-23-17-15-22(16-18-23)25-13-6-2-5-11-21-12-7-8-14-24(21)27-25/h1,3-4,7-10,12,14-18,25H,2,5-6,11,13,19H2. The van der Waals surface area contributed by atoms with E-state index in [0.29, 0.717) is 6.61 Å². The molecule has 0 amide bonds. The fraction of sp³-hybridized carbons (Fsp3) is 0.280. The van der Waals surface area contributed by atoms with Crippen LogP contribution in [0.15, 0.2) is 78.9 Å². The lowest BCUT2D eigenvalue weighted by molar-refractivity contribution is 0.191. The van der Waals surface area contributed by atoms with Crippen molar-refractivity contribution in [1.82, 2.24) is 0 Å². The maximum atomic E-state index is 6.43. The molecule has 1 aliphatic heterocycles. The monoisotopic (exact) mass is 358 g/mol. The molecule has 0 saturated heterocycles. The lowest BCUT2D eigenvalue weighted by atomic mass is 10.0. The minimum atomic E-state index is 0.104. The minimum Gasteiger partial charge on any atom is -0.489 e. The smallest absolute Gasteiger partial charge is 0.124 e. The number of fused-ring (bicyclic) bond motifs is 1. The Balaban J connectivity index is 1.46. The predicted molar refractivity (Wildman–Crippen MR) is 109 cm³/mol. The topological polar surface area (TPSA) is 18.5 Å². The molecule has 0 N–H and O–H groups in total. The summed E-state index contributed by atoms with van der Waals surface area (Å²) >= 11 is 0. The molecule has 138 valence electrons. The normalized spacial score (nSPS) is 17.0. The average molecular weight is 358 g/mol. The maximum Gasteiger partial charge on any atom is 0.124 e. The zero-order valence-corrected chi connectivity index (χ0v) is 15.6. The van der Waals surface area contributed by atoms with E-state index in [9.17, 15) is 0 Å². The van der Waals surface area contributed by atoms with Crippen LogP contribution in [0.1, 0.15) is 48.5 Å². The number of benzene rings is 3. The van der Waals surface area contributed by atoms with Crippen molar-refractivity contribution in [3.63, 3.8) is 0 Å². The van der Waals surface area contributed by atoms with Gasteiger partial charge in [0.2, 0.25) is 0 Å². The molecule has 3 aromatic carbocycles. The van der Waals surface area contributed by atoms with E-state index in [1.807, 2.05) is 18.2 Å². The fourth-order valence-electron chi connectivity index (χ4n) is 3.61. The van der Waals surface area contributed by atoms with Crippen LogP contribution in [-0.4, -0.2) is 0 Å². The highest BCUT2D eigenvalue weighted by atomic mass is 16.5. The van der Waals surface area contributed by atoms with Gasteiger partial charge in [0.05, 0.1) is 0 Å². The van der Waals surface area contributed by atoms with E-state index in [2.05, 4.69) is 60.7 Å². The molecule has 1 atom stereocenters. The summed E-state index contributed by atoms with van der Waals surface area (Å²) in [5.41, 5.74) is 3.73. The van der Waals surface area contributed by atoms with E-state index in [-0.39, 0.29) is 6.10 Å². The van der Waals surface area contributed by atoms with Crippen LogP contribution in [-0.2, 0) is 13.0 Å². The predicted octanol–water partition coefficient (Wildman–Crippen LogP) is 6.50. The molecule has 1 heterocycles. The van der Waals surface area contributed by atoms with Gasteiger partial charge in [-0.1, -0.05) is 67.1 Å². The molecule has 2 heteroatoms. The van der Waals surface area contributed by atoms with Crippen molar-refractivity contribution in [2.45, 2.75) is 44.8 Å². The number of rotatable bonds is 4. The minimum absolute atomic E-state index is 0.104. The molecular weight excluding hydrogens is 332 g/mol. The lowest BCUT2D eigenvalue weighted by Gasteiger charge is -2.20. The van der Waals surface area contributed by atoms with E-state index >= 15 is 0 Å². The van der Waals surface area contributed by atoms with Crippen LogP contribution < -0.4 is 9.47 Å². The Hall–Kier alpha value is -2.74. The van der Waals surface area contributed by atoms with Gasteiger partial charge < -0.3 is 9.47 Å². The molecule has 0 radical (unpaired) electrons. The third-order valence-corrected chi connectivity index (χ3v) is 5.15. The molecule has 0 aliphatic carbocycles. The molecule has 0 saturated carbocycles. The summed E-state index contributed by atoms with van der Waals surface area (Å²) in [5, 5.41) is 0. The summed E-state index contributed by atoms with van der Waals surface area (Å²) in [7, 11) is 0. The van der Waals surface area contributed by atoms with Crippen LogP contribution in [0.2, 0.25) is 0 Å². The Bertz CT molecular complexity index is 840. The Morgan fingerprint density at radius 2 is 1.56 bits per heavy atom. The Labute approximate surface area is 161 Å². The quantitative estimate of drug-likeness (QED) is 0.530. The average Bonchev–Trinajstić information content (AvgIpc) is 2.83. The summed E-state index contributed by atoms with van der Waals surface area (Å²) in [6.07, 6.45) is 5.96. The van der Waals surface area contributed by atoms with Gasteiger partial charge in [-0.3, -0.25) is 0 Å². The molecule has 2 nitrogen and oxygen atoms in total. The van der Waals surface area contributed by atoms with Crippen LogP contribution in [0.3, 0.4) is 0 Å². The first kappa shape index (κ1) is 17.7. The van der Waals surface area contributed by atoms with Gasteiger partial charge >= 0.3 is 0 Å². The number of para-hydroxylation sites is 1. The Kier molecular flexibility index (Phi) is 5.73. The number of hydrogen-bond acceptors (Lipinski definition) is 2. The van der Waals surface area contributed by atoms with Crippen LogP contribution in [0.25, 0.3) is 0 Å². The molecular formula is C25H26O2. The molecule has 1 aliphatic rings. The summed E-state index contributed by atoms with van der Waals surface area (Å²) < 4.78 is 12.3. The van der Waals surface area contributed by atoms with Gasteiger partial charge in [0.1, 0.15) is 24.2 Å². The first-order chi connectivity index (χ1) is 13.4. The first-order valence-electron chi connectivity index (χ1n) is 9.90. The molecule has 3 aromatic rings. The molecule has 0 fully saturated rings. The summed E-state index contributed by atoms with van der Waals surface area (Å²) in [4.78, 5) is 0. The lowest BCUT2D eigenvalue weighted by Crippen LogP contribution is -2.08. The van der Waals surface area contributed by atoms with Gasteiger partial charge in [-0.2, -0.15) is 0 Å². The van der Waals surface area contributed by atoms with Crippen molar-refractivity contribution in [1.29, 1.82) is 0 Å². The second-order valence-corrected chi connectivity index (χ2v) is 7.16. The third kappa shape index (κ3) is 4.71. The Morgan fingerprint density at radius 3 is 2.41 bits per heavy atom. The molecule has 0 spiro atoms. The van der Waals surface area contributed by atoms with Crippen molar-refractivity contribution >= 4 is 0 Å². The van der Waals surface area contributed by atoms with Crippen molar-refractivity contribution in [2.75, 3.05) is 0 Å². The van der Waals surface area contributed by atoms with E-state index in [0.717, 1.165) is 24.3 Å². The number of hydrogen-bond donors (Lipinski definition) is 0. The van der Waals surface area contributed by atoms with Crippen molar-refractivity contribution in [2.24, 2.45) is 0 Å². The SMILES string of the molecule is c1ccc(COc2ccc(C3CCCCCc4ccccc4O3)cc2)cc1. The third-order valence-electron chi connectivity index (χ3n) is 5.15. The van der Waals surface area contributed by atoms with E-state index < -0.39 is 0 Å². The zero-order chi connectivity index (χ0) is 18.3. The van der Waals surface area contributed by atoms with Crippen LogP contribution in [0.5, 0.6) is 11.5 Å². The Morgan fingerprint density at radius 1 is 0.778 bits per heavy atom. The summed E-state index contributed by atoms with van der Waals surface area (Å²) in [6.45, 7) is 0.591. The number of ether oxygens (including phenoxy) is 2. The van der Waals surface area contributed by atoms with Crippen molar-refractivity contribution in [3.05, 3.63) is 95.6 Å². The first-order valence-corrected chi connectivity index (χ1v) is 9.90. The highest BCUT2D eigenvalue weighted by molar-refractivity contribution is 5.35. The van der Waals surface area contributed by atoms with Crippen molar-refractivity contribution in [3.8, 4) is 11.5 Å². The van der Waals surface area contributed by atoms with E-state index in [1.54, 1.807) is 0 Å². The highest BCUT2D eigenvalue weighted by Crippen LogP contribution is 2.32. The van der Waals surface area contributed by atoms with Gasteiger partial charge in [-0.25, -0.2) is 0 Å². The maximum absolute atomic E-state index is 6.43. The second-order valence-electron chi connectivity index (χ2n) is 7.16. The zero-order valence-electron chi connectivity index (χ0n) is 15.6. The fourth-order valence-corrected chi connectivity index (χ4v) is 3.61. The summed E-state index contributed by atoms with van der Waals surface area (Å²) in [5.74, 6) is 1.93. The van der Waals surface area contributed by atoms with Crippen LogP contribution >= 0.6 is 0 Å². The van der Waals surface area contributed by atoms with Gasteiger partial charge in [-0.15, -0.1) is 0 Å². The molecule has 0 bridgehead atoms. The van der Waals surface area contributed by atoms with Gasteiger partial charge in [-0.05, 0) is 60.6 Å². The van der Waals surface area contributed by atoms with E-state index in [1.165, 1.54) is 36.0 Å². The molecule has 4 rings (SSSR count). The van der Waals surface area contributed by atoms with Crippen LogP contribution in [0.4, 0.5) is 0 Å². The largest absolute Gasteiger partial charge is 0.489 e. The number of aryl methyl sites for hydroxylation is 1. The van der Waals surface area contributed by atoms with E-state index in [4.69, 9.17) is 9.47 Å². The van der Waals surface area contributed by atoms with Gasteiger partial charge in [0, 0.05) is 0 Å². The van der Waals surface area contributed by atoms with Gasteiger partial charge in [0.25, 0.3) is 0 Å². The second kappa shape index (κ2) is 8.77. The highest BCUT2D eigenvalue weighted by Gasteiger charge is 2.17.